The molecule has 3 aromatic heterocycles. The lowest BCUT2D eigenvalue weighted by Crippen LogP contribution is -2.39. The molecule has 5 rings (SSSR count). The van der Waals surface area contributed by atoms with Gasteiger partial charge in [0.2, 0.25) is 6.41 Å². The van der Waals surface area contributed by atoms with Crippen molar-refractivity contribution in [2.24, 2.45) is 5.92 Å². The molecule has 2 N–H and O–H groups in total. The number of halogens is 3. The van der Waals surface area contributed by atoms with E-state index in [0.717, 1.165) is 16.6 Å². The summed E-state index contributed by atoms with van der Waals surface area (Å²) in [7, 11) is 0. The van der Waals surface area contributed by atoms with E-state index in [9.17, 15) is 18.0 Å². The van der Waals surface area contributed by atoms with E-state index in [1.54, 1.807) is 36.7 Å². The van der Waals surface area contributed by atoms with E-state index >= 15 is 0 Å². The van der Waals surface area contributed by atoms with Gasteiger partial charge in [-0.15, -0.1) is 0 Å². The summed E-state index contributed by atoms with van der Waals surface area (Å²) in [6, 6.07) is 12.6. The average molecular weight is 481 g/mol. The second-order valence-corrected chi connectivity index (χ2v) is 8.32. The number of aromatic amines is 1. The van der Waals surface area contributed by atoms with Crippen LogP contribution in [0.15, 0.2) is 61.1 Å². The molecule has 0 saturated carbocycles. The average Bonchev–Trinajstić information content (AvgIpc) is 3.34. The number of fused-ring (bicyclic) bond motifs is 1. The molecule has 0 radical (unpaired) electrons. The van der Waals surface area contributed by atoms with Crippen LogP contribution in [0.3, 0.4) is 0 Å². The van der Waals surface area contributed by atoms with Crippen LogP contribution >= 0.6 is 0 Å². The third-order valence-corrected chi connectivity index (χ3v) is 6.15. The maximum absolute atomic E-state index is 12.9. The van der Waals surface area contributed by atoms with Crippen molar-refractivity contribution in [1.82, 2.24) is 20.2 Å². The van der Waals surface area contributed by atoms with Gasteiger partial charge in [0.15, 0.2) is 5.82 Å². The number of piperidine rings is 1. The number of anilines is 5. The molecular weight excluding hydrogens is 459 g/mol. The number of pyridine rings is 2. The summed E-state index contributed by atoms with van der Waals surface area (Å²) in [5.74, 6) is -0.219. The molecule has 0 unspecified atom stereocenters. The Labute approximate surface area is 198 Å². The topological polar surface area (TPSA) is 90.0 Å². The number of H-pyrrole nitrogens is 1. The number of nitrogens with one attached hydrogen (secondary N) is 2. The molecule has 0 atom stereocenters. The highest BCUT2D eigenvalue weighted by atomic mass is 19.4. The Hall–Kier alpha value is -4.15. The van der Waals surface area contributed by atoms with E-state index in [-0.39, 0.29) is 25.9 Å². The van der Waals surface area contributed by atoms with Crippen LogP contribution in [0.2, 0.25) is 0 Å². The Balaban J connectivity index is 1.34. The molecule has 1 saturated heterocycles. The Kier molecular flexibility index (Phi) is 5.98. The van der Waals surface area contributed by atoms with E-state index in [1.165, 1.54) is 11.1 Å². The molecule has 8 nitrogen and oxygen atoms in total. The highest BCUT2D eigenvalue weighted by Gasteiger charge is 2.41. The van der Waals surface area contributed by atoms with Gasteiger partial charge in [0.1, 0.15) is 5.82 Å². The fourth-order valence-electron chi connectivity index (χ4n) is 4.24. The van der Waals surface area contributed by atoms with Gasteiger partial charge < -0.3 is 10.2 Å². The highest BCUT2D eigenvalue weighted by Crippen LogP contribution is 2.36. The van der Waals surface area contributed by atoms with Crippen LogP contribution in [0.25, 0.3) is 10.9 Å². The van der Waals surface area contributed by atoms with Gasteiger partial charge in [0.25, 0.3) is 0 Å². The SMILES string of the molecule is O=CN(c1ccc(N2CCC(C(F)(F)F)CC2)nc1)c1cccnc1Nc1ccc2cn[nH]c2c1. The maximum atomic E-state index is 12.9. The number of hydrogen-bond donors (Lipinski definition) is 2. The van der Waals surface area contributed by atoms with Crippen LogP contribution in [-0.2, 0) is 4.79 Å². The van der Waals surface area contributed by atoms with E-state index in [0.29, 0.717) is 29.4 Å². The smallest absolute Gasteiger partial charge is 0.357 e. The predicted octanol–water partition coefficient (Wildman–Crippen LogP) is 5.17. The van der Waals surface area contributed by atoms with E-state index in [2.05, 4.69) is 25.5 Å². The van der Waals surface area contributed by atoms with E-state index < -0.39 is 12.1 Å². The van der Waals surface area contributed by atoms with Crippen LogP contribution in [0.1, 0.15) is 12.8 Å². The molecule has 180 valence electrons. The van der Waals surface area contributed by atoms with E-state index in [1.807, 2.05) is 23.1 Å². The van der Waals surface area contributed by atoms with Crippen molar-refractivity contribution in [3.63, 3.8) is 0 Å². The third kappa shape index (κ3) is 4.75. The van der Waals surface area contributed by atoms with Crippen molar-refractivity contribution >= 4 is 46.0 Å². The number of nitrogens with zero attached hydrogens (tertiary/aromatic N) is 5. The summed E-state index contributed by atoms with van der Waals surface area (Å²) in [6.45, 7) is 0.566. The van der Waals surface area contributed by atoms with Crippen molar-refractivity contribution in [2.45, 2.75) is 19.0 Å². The lowest BCUT2D eigenvalue weighted by molar-refractivity contribution is -0.179. The first-order valence-corrected chi connectivity index (χ1v) is 11.1. The minimum Gasteiger partial charge on any atom is -0.357 e. The van der Waals surface area contributed by atoms with Gasteiger partial charge in [-0.2, -0.15) is 18.3 Å². The maximum Gasteiger partial charge on any atom is 0.391 e. The molecule has 1 aliphatic heterocycles. The zero-order valence-electron chi connectivity index (χ0n) is 18.5. The molecule has 1 amide bonds. The second-order valence-electron chi connectivity index (χ2n) is 8.32. The Morgan fingerprint density at radius 1 is 1.09 bits per heavy atom. The summed E-state index contributed by atoms with van der Waals surface area (Å²) in [5.41, 5.74) is 2.66. The van der Waals surface area contributed by atoms with Gasteiger partial charge in [0, 0.05) is 30.4 Å². The fraction of sp³-hybridized carbons (Fsp3) is 0.250. The van der Waals surface area contributed by atoms with Gasteiger partial charge >= 0.3 is 6.18 Å². The van der Waals surface area contributed by atoms with Crippen molar-refractivity contribution in [3.8, 4) is 0 Å². The minimum atomic E-state index is -4.16. The van der Waals surface area contributed by atoms with Gasteiger partial charge in [-0.3, -0.25) is 14.8 Å². The van der Waals surface area contributed by atoms with Crippen molar-refractivity contribution < 1.29 is 18.0 Å². The molecule has 1 aromatic carbocycles. The normalized spacial score (nSPS) is 14.8. The molecule has 4 aromatic rings. The van der Waals surface area contributed by atoms with Crippen LogP contribution in [0, 0.1) is 5.92 Å². The zero-order valence-corrected chi connectivity index (χ0v) is 18.5. The number of carbonyl (C=O) groups excluding carboxylic acids is 1. The van der Waals surface area contributed by atoms with Crippen molar-refractivity contribution in [3.05, 3.63) is 61.1 Å². The molecule has 1 fully saturated rings. The van der Waals surface area contributed by atoms with Crippen LogP contribution in [0.5, 0.6) is 0 Å². The Morgan fingerprint density at radius 2 is 1.91 bits per heavy atom. The van der Waals surface area contributed by atoms with Crippen LogP contribution in [0.4, 0.5) is 41.9 Å². The lowest BCUT2D eigenvalue weighted by Gasteiger charge is -2.33. The van der Waals surface area contributed by atoms with Gasteiger partial charge in [-0.05, 0) is 55.3 Å². The Bertz CT molecular complexity index is 1310. The third-order valence-electron chi connectivity index (χ3n) is 6.15. The monoisotopic (exact) mass is 481 g/mol. The number of aromatic nitrogens is 4. The lowest BCUT2D eigenvalue weighted by atomic mass is 9.96. The number of benzene rings is 1. The van der Waals surface area contributed by atoms with Crippen molar-refractivity contribution in [1.29, 1.82) is 0 Å². The number of rotatable bonds is 6. The molecular formula is C24H22F3N7O. The summed E-state index contributed by atoms with van der Waals surface area (Å²) in [6.07, 6.45) is 1.49. The van der Waals surface area contributed by atoms with Crippen LogP contribution in [-0.4, -0.2) is 45.8 Å². The Morgan fingerprint density at radius 3 is 2.63 bits per heavy atom. The zero-order chi connectivity index (χ0) is 24.4. The molecule has 1 aliphatic rings. The largest absolute Gasteiger partial charge is 0.391 e. The first-order chi connectivity index (χ1) is 16.9. The number of hydrogen-bond acceptors (Lipinski definition) is 6. The molecule has 35 heavy (non-hydrogen) atoms. The second kappa shape index (κ2) is 9.24. The highest BCUT2D eigenvalue weighted by molar-refractivity contribution is 5.92. The summed E-state index contributed by atoms with van der Waals surface area (Å²) in [5, 5.41) is 11.1. The number of carbonyl (C=O) groups is 1. The molecule has 4 heterocycles. The molecule has 0 bridgehead atoms. The first kappa shape index (κ1) is 22.6. The van der Waals surface area contributed by atoms with Gasteiger partial charge in [0.05, 0.1) is 35.2 Å². The fourth-order valence-corrected chi connectivity index (χ4v) is 4.24. The molecule has 0 spiro atoms. The van der Waals surface area contributed by atoms with Crippen molar-refractivity contribution in [2.75, 3.05) is 28.2 Å². The van der Waals surface area contributed by atoms with Crippen LogP contribution < -0.4 is 15.1 Å². The minimum absolute atomic E-state index is 0.0441. The quantitative estimate of drug-likeness (QED) is 0.370. The molecule has 11 heteroatoms. The summed E-state index contributed by atoms with van der Waals surface area (Å²) >= 11 is 0. The number of alkyl halides is 3. The van der Waals surface area contributed by atoms with Gasteiger partial charge in [-0.1, -0.05) is 0 Å². The standard InChI is InChI=1S/C24H22F3N7O/c25-24(26,27)17-7-10-33(11-8-17)22-6-5-19(14-29-22)34(15-35)21-2-1-9-28-23(21)31-18-4-3-16-13-30-32-20(16)12-18/h1-6,9,12-15,17H,7-8,10-11H2,(H,28,31)(H,30,32). The summed E-state index contributed by atoms with van der Waals surface area (Å²) in [4.78, 5) is 24.1. The molecule has 0 aliphatic carbocycles. The first-order valence-electron chi connectivity index (χ1n) is 11.1. The van der Waals surface area contributed by atoms with Gasteiger partial charge in [-0.25, -0.2) is 9.97 Å². The summed E-state index contributed by atoms with van der Waals surface area (Å²) < 4.78 is 38.8. The predicted molar refractivity (Wildman–Crippen MR) is 127 cm³/mol. The van der Waals surface area contributed by atoms with E-state index in [4.69, 9.17) is 0 Å². The number of amides is 1.